The number of hydrogen-bond donors (Lipinski definition) is 1. The van der Waals surface area contributed by atoms with E-state index in [1.54, 1.807) is 18.9 Å². The quantitative estimate of drug-likeness (QED) is 0.623. The summed E-state index contributed by atoms with van der Waals surface area (Å²) in [6.45, 7) is 2.00. The van der Waals surface area contributed by atoms with Crippen molar-refractivity contribution in [2.75, 3.05) is 18.2 Å². The van der Waals surface area contributed by atoms with Crippen LogP contribution in [0.25, 0.3) is 11.3 Å². The number of hydrogen-bond acceptors (Lipinski definition) is 5. The number of benzene rings is 2. The molecule has 0 spiro atoms. The topological polar surface area (TPSA) is 51.2 Å². The third-order valence-electron chi connectivity index (χ3n) is 3.79. The number of carbonyl (C=O) groups excluding carboxylic acids is 1. The highest BCUT2D eigenvalue weighted by atomic mass is 32.2. The Kier molecular flexibility index (Phi) is 6.30. The van der Waals surface area contributed by atoms with Gasteiger partial charge in [0.15, 0.2) is 5.13 Å². The molecule has 0 aliphatic heterocycles. The minimum atomic E-state index is -0.0299. The van der Waals surface area contributed by atoms with Crippen LogP contribution in [-0.2, 0) is 10.5 Å². The molecule has 0 radical (unpaired) electrons. The number of carbonyl (C=O) groups is 1. The van der Waals surface area contributed by atoms with Crippen molar-refractivity contribution in [2.45, 2.75) is 12.7 Å². The number of amides is 1. The first kappa shape index (κ1) is 18.5. The summed E-state index contributed by atoms with van der Waals surface area (Å²) in [5.74, 6) is 2.05. The summed E-state index contributed by atoms with van der Waals surface area (Å²) in [7, 11) is 1.66. The highest BCUT2D eigenvalue weighted by molar-refractivity contribution is 7.99. The fraction of sp³-hybridized carbons (Fsp3) is 0.200. The minimum absolute atomic E-state index is 0.0299. The van der Waals surface area contributed by atoms with Gasteiger partial charge in [-0.05, 0) is 36.2 Å². The number of methoxy groups -OCH3 is 1. The molecule has 1 amide bonds. The Balaban J connectivity index is 1.54. The van der Waals surface area contributed by atoms with Crippen LogP contribution < -0.4 is 10.1 Å². The van der Waals surface area contributed by atoms with Crippen LogP contribution in [-0.4, -0.2) is 23.8 Å². The molecule has 0 unspecified atom stereocenters. The summed E-state index contributed by atoms with van der Waals surface area (Å²) < 4.78 is 5.29. The number of rotatable bonds is 7. The van der Waals surface area contributed by atoms with Gasteiger partial charge in [0.25, 0.3) is 0 Å². The summed E-state index contributed by atoms with van der Waals surface area (Å²) in [5.41, 5.74) is 4.14. The summed E-state index contributed by atoms with van der Waals surface area (Å²) in [6, 6.07) is 16.1. The molecule has 0 fully saturated rings. The van der Waals surface area contributed by atoms with Crippen molar-refractivity contribution >= 4 is 34.1 Å². The SMILES string of the molecule is COc1ccc(-c2csc(NC(=O)CSCc3ccccc3)n2)cc1C. The zero-order valence-corrected chi connectivity index (χ0v) is 16.3. The van der Waals surface area contributed by atoms with E-state index < -0.39 is 0 Å². The lowest BCUT2D eigenvalue weighted by atomic mass is 10.1. The average molecular weight is 385 g/mol. The van der Waals surface area contributed by atoms with E-state index in [9.17, 15) is 4.79 Å². The van der Waals surface area contributed by atoms with E-state index in [0.717, 1.165) is 28.3 Å². The molecule has 1 aromatic heterocycles. The summed E-state index contributed by atoms with van der Waals surface area (Å²) in [5, 5.41) is 5.45. The van der Waals surface area contributed by atoms with Crippen LogP contribution in [0.15, 0.2) is 53.9 Å². The standard InChI is InChI=1S/C20H20N2O2S2/c1-14-10-16(8-9-18(14)24-2)17-12-26-20(21-17)22-19(23)13-25-11-15-6-4-3-5-7-15/h3-10,12H,11,13H2,1-2H3,(H,21,22,23). The minimum Gasteiger partial charge on any atom is -0.496 e. The molecule has 0 aliphatic carbocycles. The number of ether oxygens (including phenoxy) is 1. The van der Waals surface area contributed by atoms with Gasteiger partial charge in [0.2, 0.25) is 5.91 Å². The zero-order chi connectivity index (χ0) is 18.4. The number of aryl methyl sites for hydroxylation is 1. The first-order valence-electron chi connectivity index (χ1n) is 8.18. The van der Waals surface area contributed by atoms with Gasteiger partial charge < -0.3 is 10.1 Å². The Bertz CT molecular complexity index is 879. The van der Waals surface area contributed by atoms with Gasteiger partial charge in [0, 0.05) is 16.7 Å². The van der Waals surface area contributed by atoms with Crippen molar-refractivity contribution in [3.05, 3.63) is 65.0 Å². The first-order chi connectivity index (χ1) is 12.7. The molecule has 0 atom stereocenters. The van der Waals surface area contributed by atoms with Crippen molar-refractivity contribution in [3.8, 4) is 17.0 Å². The molecule has 6 heteroatoms. The Labute approximate surface area is 161 Å². The van der Waals surface area contributed by atoms with Gasteiger partial charge in [-0.25, -0.2) is 4.98 Å². The van der Waals surface area contributed by atoms with E-state index in [2.05, 4.69) is 22.4 Å². The maximum absolute atomic E-state index is 12.1. The molecule has 1 heterocycles. The van der Waals surface area contributed by atoms with Crippen LogP contribution in [0, 0.1) is 6.92 Å². The molecule has 4 nitrogen and oxygen atoms in total. The van der Waals surface area contributed by atoms with Crippen molar-refractivity contribution < 1.29 is 9.53 Å². The van der Waals surface area contributed by atoms with E-state index in [-0.39, 0.29) is 5.91 Å². The van der Waals surface area contributed by atoms with Gasteiger partial charge in [0.1, 0.15) is 5.75 Å². The molecule has 2 aromatic carbocycles. The second-order valence-corrected chi connectivity index (χ2v) is 7.59. The van der Waals surface area contributed by atoms with Crippen LogP contribution >= 0.6 is 23.1 Å². The van der Waals surface area contributed by atoms with Gasteiger partial charge >= 0.3 is 0 Å². The molecule has 0 bridgehead atoms. The average Bonchev–Trinajstić information content (AvgIpc) is 3.11. The largest absolute Gasteiger partial charge is 0.496 e. The summed E-state index contributed by atoms with van der Waals surface area (Å²) in [4.78, 5) is 16.6. The number of thioether (sulfide) groups is 1. The van der Waals surface area contributed by atoms with Crippen LogP contribution in [0.3, 0.4) is 0 Å². The van der Waals surface area contributed by atoms with E-state index in [1.165, 1.54) is 16.9 Å². The maximum atomic E-state index is 12.1. The van der Waals surface area contributed by atoms with Gasteiger partial charge in [-0.1, -0.05) is 30.3 Å². The molecule has 26 heavy (non-hydrogen) atoms. The molecule has 3 rings (SSSR count). The third kappa shape index (κ3) is 4.86. The lowest BCUT2D eigenvalue weighted by Crippen LogP contribution is -2.13. The van der Waals surface area contributed by atoms with Crippen LogP contribution in [0.4, 0.5) is 5.13 Å². The van der Waals surface area contributed by atoms with Crippen LogP contribution in [0.5, 0.6) is 5.75 Å². The Hall–Kier alpha value is -2.31. The normalized spacial score (nSPS) is 10.5. The molecule has 1 N–H and O–H groups in total. The molecular weight excluding hydrogens is 364 g/mol. The summed E-state index contributed by atoms with van der Waals surface area (Å²) >= 11 is 3.03. The molecule has 0 saturated carbocycles. The predicted molar refractivity (Wildman–Crippen MR) is 110 cm³/mol. The highest BCUT2D eigenvalue weighted by Gasteiger charge is 2.09. The van der Waals surface area contributed by atoms with Crippen molar-refractivity contribution in [1.29, 1.82) is 0 Å². The van der Waals surface area contributed by atoms with E-state index in [1.807, 2.05) is 48.7 Å². The van der Waals surface area contributed by atoms with Crippen LogP contribution in [0.1, 0.15) is 11.1 Å². The summed E-state index contributed by atoms with van der Waals surface area (Å²) in [6.07, 6.45) is 0. The van der Waals surface area contributed by atoms with Gasteiger partial charge in [-0.3, -0.25) is 4.79 Å². The van der Waals surface area contributed by atoms with Gasteiger partial charge in [-0.2, -0.15) is 0 Å². The fourth-order valence-corrected chi connectivity index (χ4v) is 4.02. The smallest absolute Gasteiger partial charge is 0.236 e. The molecule has 0 saturated heterocycles. The second-order valence-electron chi connectivity index (χ2n) is 5.75. The third-order valence-corrected chi connectivity index (χ3v) is 5.55. The van der Waals surface area contributed by atoms with E-state index >= 15 is 0 Å². The number of anilines is 1. The zero-order valence-electron chi connectivity index (χ0n) is 14.7. The monoisotopic (exact) mass is 384 g/mol. The predicted octanol–water partition coefficient (Wildman–Crippen LogP) is 5.00. The Morgan fingerprint density at radius 2 is 2.04 bits per heavy atom. The number of aromatic nitrogens is 1. The van der Waals surface area contributed by atoms with Crippen molar-refractivity contribution in [3.63, 3.8) is 0 Å². The fourth-order valence-electron chi connectivity index (χ4n) is 2.49. The molecule has 134 valence electrons. The van der Waals surface area contributed by atoms with Gasteiger partial charge in [-0.15, -0.1) is 23.1 Å². The number of thiazole rings is 1. The Morgan fingerprint density at radius 3 is 2.77 bits per heavy atom. The van der Waals surface area contributed by atoms with Gasteiger partial charge in [0.05, 0.1) is 18.6 Å². The molecular formula is C20H20N2O2S2. The number of nitrogens with zero attached hydrogens (tertiary/aromatic N) is 1. The molecule has 3 aromatic rings. The number of nitrogens with one attached hydrogen (secondary N) is 1. The van der Waals surface area contributed by atoms with Crippen LogP contribution in [0.2, 0.25) is 0 Å². The lowest BCUT2D eigenvalue weighted by Gasteiger charge is -2.05. The van der Waals surface area contributed by atoms with E-state index in [4.69, 9.17) is 4.74 Å². The molecule has 0 aliphatic rings. The Morgan fingerprint density at radius 1 is 1.23 bits per heavy atom. The van der Waals surface area contributed by atoms with E-state index in [0.29, 0.717) is 10.9 Å². The maximum Gasteiger partial charge on any atom is 0.236 e. The second kappa shape index (κ2) is 8.87. The first-order valence-corrected chi connectivity index (χ1v) is 10.2. The lowest BCUT2D eigenvalue weighted by molar-refractivity contribution is -0.113. The highest BCUT2D eigenvalue weighted by Crippen LogP contribution is 2.28. The van der Waals surface area contributed by atoms with Crippen molar-refractivity contribution in [1.82, 2.24) is 4.98 Å². The van der Waals surface area contributed by atoms with Crippen molar-refractivity contribution in [2.24, 2.45) is 0 Å².